The lowest BCUT2D eigenvalue weighted by atomic mass is 10.2. The number of nitrogens with zero attached hydrogens (tertiary/aromatic N) is 3. The summed E-state index contributed by atoms with van der Waals surface area (Å²) in [5, 5.41) is 0. The highest BCUT2D eigenvalue weighted by Gasteiger charge is 2.27. The second-order valence-electron chi connectivity index (χ2n) is 8.20. The summed E-state index contributed by atoms with van der Waals surface area (Å²) in [7, 11) is 0. The Hall–Kier alpha value is -3.63. The highest BCUT2D eigenvalue weighted by atomic mass is 16.5. The zero-order valence-corrected chi connectivity index (χ0v) is 19.1. The number of carbonyl (C=O) groups excluding carboxylic acids is 1. The molecule has 2 aromatic heterocycles. The minimum atomic E-state index is -0.257. The second kappa shape index (κ2) is 10.3. The number of hydrogen-bond donors (Lipinski definition) is 0. The van der Waals surface area contributed by atoms with E-state index in [0.717, 1.165) is 17.1 Å². The number of amides is 1. The van der Waals surface area contributed by atoms with Crippen LogP contribution in [0.5, 0.6) is 5.88 Å². The Kier molecular flexibility index (Phi) is 7.06. The van der Waals surface area contributed by atoms with Gasteiger partial charge in [0.05, 0.1) is 13.2 Å². The molecule has 0 radical (unpaired) electrons. The average molecular weight is 446 g/mol. The summed E-state index contributed by atoms with van der Waals surface area (Å²) in [5.41, 5.74) is 1.74. The first-order valence-corrected chi connectivity index (χ1v) is 11.0. The SMILES string of the molecule is Cc1cc(OCC2CN(C(=O)c3ccc(C#Cc4ccccc4)o3)CCO2)nc(C(C)C)n1. The first-order valence-electron chi connectivity index (χ1n) is 11.0. The van der Waals surface area contributed by atoms with E-state index in [-0.39, 0.29) is 23.7 Å². The van der Waals surface area contributed by atoms with E-state index in [4.69, 9.17) is 13.9 Å². The minimum Gasteiger partial charge on any atom is -0.475 e. The van der Waals surface area contributed by atoms with E-state index in [2.05, 4.69) is 21.8 Å². The van der Waals surface area contributed by atoms with Gasteiger partial charge in [0.1, 0.15) is 18.5 Å². The molecular weight excluding hydrogens is 418 g/mol. The fraction of sp³-hybridized carbons (Fsp3) is 0.346. The van der Waals surface area contributed by atoms with Gasteiger partial charge < -0.3 is 18.8 Å². The summed E-state index contributed by atoms with van der Waals surface area (Å²) in [6.07, 6.45) is -0.257. The van der Waals surface area contributed by atoms with E-state index in [1.165, 1.54) is 0 Å². The van der Waals surface area contributed by atoms with Crippen molar-refractivity contribution in [2.75, 3.05) is 26.3 Å². The van der Waals surface area contributed by atoms with Crippen LogP contribution in [0.25, 0.3) is 0 Å². The quantitative estimate of drug-likeness (QED) is 0.556. The van der Waals surface area contributed by atoms with Crippen molar-refractivity contribution in [1.29, 1.82) is 0 Å². The second-order valence-corrected chi connectivity index (χ2v) is 8.20. The summed E-state index contributed by atoms with van der Waals surface area (Å²) >= 11 is 0. The summed E-state index contributed by atoms with van der Waals surface area (Å²) < 4.78 is 17.4. The van der Waals surface area contributed by atoms with Gasteiger partial charge in [-0.1, -0.05) is 38.0 Å². The molecule has 1 fully saturated rings. The Morgan fingerprint density at radius 2 is 2.00 bits per heavy atom. The van der Waals surface area contributed by atoms with Crippen molar-refractivity contribution in [3.05, 3.63) is 77.1 Å². The van der Waals surface area contributed by atoms with Crippen LogP contribution in [0.3, 0.4) is 0 Å². The Morgan fingerprint density at radius 1 is 1.18 bits per heavy atom. The van der Waals surface area contributed by atoms with E-state index < -0.39 is 0 Å². The highest BCUT2D eigenvalue weighted by molar-refractivity contribution is 5.91. The Balaban J connectivity index is 1.35. The number of ether oxygens (including phenoxy) is 2. The lowest BCUT2D eigenvalue weighted by Gasteiger charge is -2.32. The van der Waals surface area contributed by atoms with Gasteiger partial charge in [-0.2, -0.15) is 4.98 Å². The maximum Gasteiger partial charge on any atom is 0.289 e. The maximum absolute atomic E-state index is 12.9. The summed E-state index contributed by atoms with van der Waals surface area (Å²) in [6, 6.07) is 14.8. The molecular formula is C26H27N3O4. The highest BCUT2D eigenvalue weighted by Crippen LogP contribution is 2.17. The first-order chi connectivity index (χ1) is 16.0. The Bertz CT molecular complexity index is 1160. The number of hydrogen-bond acceptors (Lipinski definition) is 6. The molecule has 4 rings (SSSR count). The third-order valence-electron chi connectivity index (χ3n) is 5.13. The van der Waals surface area contributed by atoms with Gasteiger partial charge in [-0.25, -0.2) is 4.98 Å². The normalized spacial score (nSPS) is 15.8. The molecule has 1 atom stereocenters. The van der Waals surface area contributed by atoms with Gasteiger partial charge >= 0.3 is 0 Å². The zero-order valence-electron chi connectivity index (χ0n) is 19.1. The molecule has 0 N–H and O–H groups in total. The number of carbonyl (C=O) groups is 1. The van der Waals surface area contributed by atoms with Crippen molar-refractivity contribution in [2.24, 2.45) is 0 Å². The number of aromatic nitrogens is 2. The number of furan rings is 1. The Morgan fingerprint density at radius 3 is 2.79 bits per heavy atom. The fourth-order valence-corrected chi connectivity index (χ4v) is 3.41. The van der Waals surface area contributed by atoms with E-state index >= 15 is 0 Å². The van der Waals surface area contributed by atoms with Crippen molar-refractivity contribution in [2.45, 2.75) is 32.8 Å². The maximum atomic E-state index is 12.9. The third-order valence-corrected chi connectivity index (χ3v) is 5.13. The molecule has 0 spiro atoms. The molecule has 3 aromatic rings. The molecule has 0 saturated carbocycles. The van der Waals surface area contributed by atoms with Crippen LogP contribution in [0.1, 0.15) is 53.2 Å². The molecule has 0 bridgehead atoms. The molecule has 7 nitrogen and oxygen atoms in total. The van der Waals surface area contributed by atoms with E-state index in [0.29, 0.717) is 37.9 Å². The summed E-state index contributed by atoms with van der Waals surface area (Å²) in [4.78, 5) is 23.6. The zero-order chi connectivity index (χ0) is 23.2. The van der Waals surface area contributed by atoms with Crippen LogP contribution in [-0.4, -0.2) is 53.2 Å². The molecule has 1 aromatic carbocycles. The van der Waals surface area contributed by atoms with Crippen LogP contribution in [0.2, 0.25) is 0 Å². The Labute approximate surface area is 193 Å². The number of aryl methyl sites for hydroxylation is 1. The van der Waals surface area contributed by atoms with Crippen LogP contribution in [0.4, 0.5) is 0 Å². The van der Waals surface area contributed by atoms with Crippen LogP contribution >= 0.6 is 0 Å². The van der Waals surface area contributed by atoms with Crippen LogP contribution in [-0.2, 0) is 4.74 Å². The van der Waals surface area contributed by atoms with Crippen LogP contribution in [0, 0.1) is 18.8 Å². The topological polar surface area (TPSA) is 77.7 Å². The van der Waals surface area contributed by atoms with E-state index in [1.807, 2.05) is 51.1 Å². The number of rotatable bonds is 5. The van der Waals surface area contributed by atoms with Gasteiger partial charge in [0.25, 0.3) is 5.91 Å². The van der Waals surface area contributed by atoms with Crippen LogP contribution in [0.15, 0.2) is 52.9 Å². The molecule has 0 aliphatic carbocycles. The van der Waals surface area contributed by atoms with Crippen molar-refractivity contribution < 1.29 is 18.7 Å². The van der Waals surface area contributed by atoms with E-state index in [1.54, 1.807) is 23.1 Å². The first kappa shape index (κ1) is 22.6. The van der Waals surface area contributed by atoms with E-state index in [9.17, 15) is 4.79 Å². The summed E-state index contributed by atoms with van der Waals surface area (Å²) in [6.45, 7) is 7.63. The molecule has 1 aliphatic rings. The predicted octanol–water partition coefficient (Wildman–Crippen LogP) is 3.82. The molecule has 1 aliphatic heterocycles. The van der Waals surface area contributed by atoms with Gasteiger partial charge in [-0.15, -0.1) is 0 Å². The molecule has 3 heterocycles. The molecule has 1 unspecified atom stereocenters. The van der Waals surface area contributed by atoms with Gasteiger partial charge in [-0.05, 0) is 37.1 Å². The monoisotopic (exact) mass is 445 g/mol. The van der Waals surface area contributed by atoms with Gasteiger partial charge in [-0.3, -0.25) is 4.79 Å². The smallest absolute Gasteiger partial charge is 0.289 e. The number of benzene rings is 1. The van der Waals surface area contributed by atoms with Crippen molar-refractivity contribution in [3.8, 4) is 17.7 Å². The lowest BCUT2D eigenvalue weighted by molar-refractivity contribution is -0.0414. The largest absolute Gasteiger partial charge is 0.475 e. The van der Waals surface area contributed by atoms with Crippen molar-refractivity contribution in [1.82, 2.24) is 14.9 Å². The van der Waals surface area contributed by atoms with Crippen molar-refractivity contribution in [3.63, 3.8) is 0 Å². The number of morpholine rings is 1. The fourth-order valence-electron chi connectivity index (χ4n) is 3.41. The molecule has 7 heteroatoms. The minimum absolute atomic E-state index is 0.184. The van der Waals surface area contributed by atoms with Crippen LogP contribution < -0.4 is 4.74 Å². The van der Waals surface area contributed by atoms with Gasteiger partial charge in [0.2, 0.25) is 5.88 Å². The predicted molar refractivity (Wildman–Crippen MR) is 123 cm³/mol. The molecule has 33 heavy (non-hydrogen) atoms. The lowest BCUT2D eigenvalue weighted by Crippen LogP contribution is -2.47. The average Bonchev–Trinajstić information content (AvgIpc) is 3.30. The third kappa shape index (κ3) is 5.99. The standard InChI is InChI=1S/C26H27N3O4/c1-18(2)25-27-19(3)15-24(28-25)32-17-22-16-29(13-14-31-22)26(30)23-12-11-21(33-23)10-9-20-7-5-4-6-8-20/h4-8,11-12,15,18,22H,13-14,16-17H2,1-3H3. The molecule has 1 saturated heterocycles. The molecule has 1 amide bonds. The van der Waals surface area contributed by atoms with Gasteiger partial charge in [0, 0.05) is 29.8 Å². The molecule has 170 valence electrons. The van der Waals surface area contributed by atoms with Gasteiger partial charge in [0.15, 0.2) is 11.5 Å². The van der Waals surface area contributed by atoms with Crippen molar-refractivity contribution >= 4 is 5.91 Å². The summed E-state index contributed by atoms with van der Waals surface area (Å²) in [5.74, 6) is 8.00.